The van der Waals surface area contributed by atoms with Crippen LogP contribution in [0.2, 0.25) is 10.3 Å². The second-order valence-electron chi connectivity index (χ2n) is 3.92. The van der Waals surface area contributed by atoms with Crippen LogP contribution in [0.1, 0.15) is 13.8 Å². The Morgan fingerprint density at radius 3 is 2.25 bits per heavy atom. The minimum absolute atomic E-state index is 0.103. The number of hydrogen-bond donors (Lipinski definition) is 0. The smallest absolute Gasteiger partial charge is 0.328 e. The summed E-state index contributed by atoms with van der Waals surface area (Å²) in [7, 11) is 0. The third kappa shape index (κ3) is 3.71. The van der Waals surface area contributed by atoms with Crippen molar-refractivity contribution in [3.05, 3.63) is 34.6 Å². The maximum atomic E-state index is 5.91. The number of aromatic nitrogens is 3. The van der Waals surface area contributed by atoms with E-state index in [9.17, 15) is 0 Å². The molecule has 0 saturated heterocycles. The van der Waals surface area contributed by atoms with Crippen LogP contribution in [-0.4, -0.2) is 28.0 Å². The van der Waals surface area contributed by atoms with Gasteiger partial charge in [0.25, 0.3) is 0 Å². The Balaban J connectivity index is 2.25. The minimum Gasteiger partial charge on any atom is -0.424 e. The highest BCUT2D eigenvalue weighted by Gasteiger charge is 2.11. The summed E-state index contributed by atoms with van der Waals surface area (Å²) in [6, 6.07) is 7.08. The largest absolute Gasteiger partial charge is 0.424 e. The van der Waals surface area contributed by atoms with Crippen LogP contribution < -0.4 is 9.64 Å². The van der Waals surface area contributed by atoms with E-state index in [1.54, 1.807) is 24.3 Å². The Bertz CT molecular complexity index is 573. The molecular weight excluding hydrogens is 299 g/mol. The molecule has 0 saturated carbocycles. The molecule has 0 aliphatic rings. The van der Waals surface area contributed by atoms with Gasteiger partial charge in [-0.15, -0.1) is 0 Å². The van der Waals surface area contributed by atoms with E-state index < -0.39 is 0 Å². The molecule has 0 aliphatic carbocycles. The molecule has 0 fully saturated rings. The highest BCUT2D eigenvalue weighted by Crippen LogP contribution is 2.22. The van der Waals surface area contributed by atoms with Gasteiger partial charge < -0.3 is 9.64 Å². The molecule has 1 aromatic carbocycles. The second-order valence-corrected chi connectivity index (χ2v) is 4.69. The fourth-order valence-electron chi connectivity index (χ4n) is 1.62. The Morgan fingerprint density at radius 1 is 1.00 bits per heavy atom. The average molecular weight is 313 g/mol. The molecule has 0 aliphatic heterocycles. The Labute approximate surface area is 127 Å². The van der Waals surface area contributed by atoms with Crippen LogP contribution in [0, 0.1) is 0 Å². The van der Waals surface area contributed by atoms with Gasteiger partial charge >= 0.3 is 6.01 Å². The lowest BCUT2D eigenvalue weighted by molar-refractivity contribution is 0.439. The summed E-state index contributed by atoms with van der Waals surface area (Å²) in [5, 5.41) is 0.737. The molecule has 1 aromatic heterocycles. The van der Waals surface area contributed by atoms with E-state index in [4.69, 9.17) is 27.9 Å². The lowest BCUT2D eigenvalue weighted by Crippen LogP contribution is -2.24. The van der Waals surface area contributed by atoms with Crippen molar-refractivity contribution in [2.75, 3.05) is 18.0 Å². The summed E-state index contributed by atoms with van der Waals surface area (Å²) in [4.78, 5) is 14.3. The molecule has 2 rings (SSSR count). The number of rotatable bonds is 5. The Morgan fingerprint density at radius 2 is 1.65 bits per heavy atom. The molecule has 1 heterocycles. The number of benzene rings is 1. The first kappa shape index (κ1) is 14.8. The Kier molecular flexibility index (Phi) is 4.98. The monoisotopic (exact) mass is 312 g/mol. The molecule has 0 bridgehead atoms. The van der Waals surface area contributed by atoms with Gasteiger partial charge in [-0.3, -0.25) is 0 Å². The average Bonchev–Trinajstić information content (AvgIpc) is 2.42. The molecule has 7 heteroatoms. The summed E-state index contributed by atoms with van der Waals surface area (Å²) < 4.78 is 5.56. The molecule has 2 aromatic rings. The Hall–Kier alpha value is -1.59. The normalized spacial score (nSPS) is 10.4. The first-order valence-corrected chi connectivity index (χ1v) is 6.98. The molecule has 0 atom stereocenters. The van der Waals surface area contributed by atoms with Crippen molar-refractivity contribution in [1.29, 1.82) is 0 Å². The zero-order chi connectivity index (χ0) is 14.5. The number of anilines is 1. The molecule has 5 nitrogen and oxygen atoms in total. The van der Waals surface area contributed by atoms with E-state index >= 15 is 0 Å². The summed E-state index contributed by atoms with van der Waals surface area (Å²) in [5.41, 5.74) is 0. The lowest BCUT2D eigenvalue weighted by Gasteiger charge is -2.18. The summed E-state index contributed by atoms with van der Waals surface area (Å²) in [6.45, 7) is 5.58. The fourth-order valence-corrected chi connectivity index (χ4v) is 1.90. The lowest BCUT2D eigenvalue weighted by atomic mass is 10.3. The van der Waals surface area contributed by atoms with Crippen LogP contribution in [0.5, 0.6) is 11.8 Å². The third-order valence-corrected chi connectivity index (χ3v) is 3.07. The highest BCUT2D eigenvalue weighted by atomic mass is 35.5. The molecule has 0 spiro atoms. The van der Waals surface area contributed by atoms with Crippen LogP contribution in [0.25, 0.3) is 0 Å². The van der Waals surface area contributed by atoms with Gasteiger partial charge in [0.1, 0.15) is 5.75 Å². The van der Waals surface area contributed by atoms with Crippen molar-refractivity contribution in [3.8, 4) is 11.8 Å². The van der Waals surface area contributed by atoms with Gasteiger partial charge in [0.15, 0.2) is 0 Å². The standard InChI is InChI=1S/C13H14Cl2N4O/c1-3-19(4-2)12-16-11(15)17-13(18-12)20-10-7-5-9(14)6-8-10/h5-8H,3-4H2,1-2H3. The zero-order valence-corrected chi connectivity index (χ0v) is 12.7. The number of ether oxygens (including phenoxy) is 1. The predicted octanol–water partition coefficient (Wildman–Crippen LogP) is 3.82. The van der Waals surface area contributed by atoms with Crippen LogP contribution in [-0.2, 0) is 0 Å². The van der Waals surface area contributed by atoms with Crippen LogP contribution in [0.15, 0.2) is 24.3 Å². The van der Waals surface area contributed by atoms with E-state index in [1.807, 2.05) is 18.7 Å². The van der Waals surface area contributed by atoms with E-state index in [0.29, 0.717) is 16.7 Å². The number of hydrogen-bond acceptors (Lipinski definition) is 5. The van der Waals surface area contributed by atoms with E-state index in [1.165, 1.54) is 0 Å². The topological polar surface area (TPSA) is 51.1 Å². The van der Waals surface area contributed by atoms with Crippen molar-refractivity contribution >= 4 is 29.2 Å². The van der Waals surface area contributed by atoms with E-state index in [-0.39, 0.29) is 11.3 Å². The maximum Gasteiger partial charge on any atom is 0.328 e. The van der Waals surface area contributed by atoms with Gasteiger partial charge in [-0.1, -0.05) is 11.6 Å². The molecule has 0 unspecified atom stereocenters. The van der Waals surface area contributed by atoms with Gasteiger partial charge in [-0.05, 0) is 49.7 Å². The quantitative estimate of drug-likeness (QED) is 0.840. The summed E-state index contributed by atoms with van der Waals surface area (Å²) in [6.07, 6.45) is 0. The van der Waals surface area contributed by atoms with Gasteiger partial charge in [0, 0.05) is 18.1 Å². The van der Waals surface area contributed by atoms with Gasteiger partial charge in [-0.2, -0.15) is 15.0 Å². The minimum atomic E-state index is 0.103. The van der Waals surface area contributed by atoms with Crippen molar-refractivity contribution in [3.63, 3.8) is 0 Å². The van der Waals surface area contributed by atoms with Crippen molar-refractivity contribution < 1.29 is 4.74 Å². The summed E-state index contributed by atoms with van der Waals surface area (Å²) in [5.74, 6) is 1.08. The molecule has 0 amide bonds. The van der Waals surface area contributed by atoms with Crippen LogP contribution >= 0.6 is 23.2 Å². The number of nitrogens with zero attached hydrogens (tertiary/aromatic N) is 4. The SMILES string of the molecule is CCN(CC)c1nc(Cl)nc(Oc2ccc(Cl)cc2)n1. The van der Waals surface area contributed by atoms with Crippen molar-refractivity contribution in [2.45, 2.75) is 13.8 Å². The summed E-state index contributed by atoms with van der Waals surface area (Å²) >= 11 is 11.7. The first-order valence-electron chi connectivity index (χ1n) is 6.22. The van der Waals surface area contributed by atoms with Gasteiger partial charge in [-0.25, -0.2) is 0 Å². The van der Waals surface area contributed by atoms with Crippen molar-refractivity contribution in [1.82, 2.24) is 15.0 Å². The number of halogens is 2. The first-order chi connectivity index (χ1) is 9.62. The second kappa shape index (κ2) is 6.72. The molecule has 0 N–H and O–H groups in total. The predicted molar refractivity (Wildman–Crippen MR) is 79.9 cm³/mol. The van der Waals surface area contributed by atoms with Gasteiger partial charge in [0.05, 0.1) is 0 Å². The van der Waals surface area contributed by atoms with Crippen LogP contribution in [0.3, 0.4) is 0 Å². The van der Waals surface area contributed by atoms with E-state index in [2.05, 4.69) is 15.0 Å². The third-order valence-electron chi connectivity index (χ3n) is 2.64. The molecule has 106 valence electrons. The van der Waals surface area contributed by atoms with Crippen LogP contribution in [0.4, 0.5) is 5.95 Å². The van der Waals surface area contributed by atoms with E-state index in [0.717, 1.165) is 13.1 Å². The zero-order valence-electron chi connectivity index (χ0n) is 11.2. The molecular formula is C13H14Cl2N4O. The fraction of sp³-hybridized carbons (Fsp3) is 0.308. The van der Waals surface area contributed by atoms with Gasteiger partial charge in [0.2, 0.25) is 11.2 Å². The maximum absolute atomic E-state index is 5.91. The van der Waals surface area contributed by atoms with Crippen molar-refractivity contribution in [2.24, 2.45) is 0 Å². The molecule has 0 radical (unpaired) electrons. The highest BCUT2D eigenvalue weighted by molar-refractivity contribution is 6.30. The molecule has 20 heavy (non-hydrogen) atoms.